The minimum atomic E-state index is -0.508. The molecule has 0 bridgehead atoms. The zero-order valence-corrected chi connectivity index (χ0v) is 21.1. The number of aromatic nitrogens is 2. The maximum absolute atomic E-state index is 15.0. The van der Waals surface area contributed by atoms with E-state index < -0.39 is 11.9 Å². The monoisotopic (exact) mass is 522 g/mol. The molecule has 2 aliphatic heterocycles. The largest absolute Gasteiger partial charge is 0.415 e. The van der Waals surface area contributed by atoms with Crippen molar-refractivity contribution in [2.75, 3.05) is 26.3 Å². The highest BCUT2D eigenvalue weighted by atomic mass is 32.1. The summed E-state index contributed by atoms with van der Waals surface area (Å²) in [5, 5.41) is 3.09. The second kappa shape index (κ2) is 10.1. The molecule has 0 atom stereocenters. The second-order valence-electron chi connectivity index (χ2n) is 9.48. The highest BCUT2D eigenvalue weighted by molar-refractivity contribution is 7.23. The third-order valence-corrected chi connectivity index (χ3v) is 7.97. The first-order valence-electron chi connectivity index (χ1n) is 12.6. The fraction of sp³-hybridized carbons (Fsp3) is 0.370. The van der Waals surface area contributed by atoms with Crippen molar-refractivity contribution in [3.63, 3.8) is 0 Å². The highest BCUT2D eigenvalue weighted by Crippen LogP contribution is 2.32. The quantitative estimate of drug-likeness (QED) is 0.396. The van der Waals surface area contributed by atoms with Crippen molar-refractivity contribution in [3.05, 3.63) is 54.0 Å². The molecule has 2 aliphatic rings. The summed E-state index contributed by atoms with van der Waals surface area (Å²) < 4.78 is 28.6. The van der Waals surface area contributed by atoms with Gasteiger partial charge in [0.25, 0.3) is 5.91 Å². The second-order valence-corrected chi connectivity index (χ2v) is 10.5. The van der Waals surface area contributed by atoms with E-state index in [2.05, 4.69) is 10.3 Å². The zero-order valence-electron chi connectivity index (χ0n) is 20.2. The molecule has 4 aromatic rings. The van der Waals surface area contributed by atoms with Crippen molar-refractivity contribution in [1.82, 2.24) is 19.6 Å². The Labute approximate surface area is 217 Å². The Balaban J connectivity index is 1.20. The first-order chi connectivity index (χ1) is 18.0. The molecule has 0 aliphatic carbocycles. The number of rotatable bonds is 4. The van der Waals surface area contributed by atoms with E-state index in [4.69, 9.17) is 9.47 Å². The zero-order chi connectivity index (χ0) is 25.4. The Hall–Kier alpha value is -3.50. The highest BCUT2D eigenvalue weighted by Gasteiger charge is 2.21. The molecule has 4 heterocycles. The van der Waals surface area contributed by atoms with E-state index in [1.807, 2.05) is 16.5 Å². The number of fused-ring (bicyclic) bond motifs is 3. The van der Waals surface area contributed by atoms with Gasteiger partial charge in [-0.1, -0.05) is 11.3 Å². The van der Waals surface area contributed by atoms with E-state index in [0.29, 0.717) is 48.1 Å². The van der Waals surface area contributed by atoms with Gasteiger partial charge < -0.3 is 19.7 Å². The third-order valence-electron chi connectivity index (χ3n) is 6.95. The Morgan fingerprint density at radius 1 is 1.08 bits per heavy atom. The number of thiazole rings is 1. The van der Waals surface area contributed by atoms with Crippen molar-refractivity contribution in [2.45, 2.75) is 38.1 Å². The van der Waals surface area contributed by atoms with Gasteiger partial charge in [0.2, 0.25) is 0 Å². The molecule has 8 nitrogen and oxygen atoms in total. The molecule has 2 fully saturated rings. The predicted molar refractivity (Wildman–Crippen MR) is 139 cm³/mol. The maximum Gasteiger partial charge on any atom is 0.415 e. The molecular weight excluding hydrogens is 495 g/mol. The van der Waals surface area contributed by atoms with E-state index in [1.165, 1.54) is 17.4 Å². The van der Waals surface area contributed by atoms with Gasteiger partial charge >= 0.3 is 6.09 Å². The number of halogens is 1. The van der Waals surface area contributed by atoms with Crippen LogP contribution in [0.2, 0.25) is 0 Å². The number of nitrogens with zero attached hydrogens (tertiary/aromatic N) is 3. The number of piperidine rings is 1. The van der Waals surface area contributed by atoms with Crippen LogP contribution in [0.1, 0.15) is 42.5 Å². The summed E-state index contributed by atoms with van der Waals surface area (Å²) in [5.74, 6) is -0.426. The summed E-state index contributed by atoms with van der Waals surface area (Å²) in [6.07, 6.45) is 6.01. The van der Waals surface area contributed by atoms with E-state index >= 15 is 4.39 Å². The van der Waals surface area contributed by atoms with E-state index in [1.54, 1.807) is 29.3 Å². The van der Waals surface area contributed by atoms with Crippen LogP contribution < -0.4 is 10.1 Å². The van der Waals surface area contributed by atoms with E-state index in [9.17, 15) is 9.59 Å². The number of carbonyl (C=O) groups is 2. The number of amides is 2. The van der Waals surface area contributed by atoms with Gasteiger partial charge in [0.15, 0.2) is 4.96 Å². The fourth-order valence-corrected chi connectivity index (χ4v) is 5.94. The van der Waals surface area contributed by atoms with Crippen LogP contribution in [0.3, 0.4) is 0 Å². The maximum atomic E-state index is 15.0. The molecule has 37 heavy (non-hydrogen) atoms. The summed E-state index contributed by atoms with van der Waals surface area (Å²) >= 11 is 1.44. The lowest BCUT2D eigenvalue weighted by Crippen LogP contribution is -2.38. The van der Waals surface area contributed by atoms with Crippen molar-refractivity contribution >= 4 is 38.5 Å². The predicted octanol–water partition coefficient (Wildman–Crippen LogP) is 5.25. The lowest BCUT2D eigenvalue weighted by atomic mass is 10.1. The number of likely N-dealkylation sites (tertiary alicyclic amines) is 1. The molecule has 0 unspecified atom stereocenters. The van der Waals surface area contributed by atoms with Crippen LogP contribution in [0, 0.1) is 5.82 Å². The smallest absolute Gasteiger partial charge is 0.410 e. The lowest BCUT2D eigenvalue weighted by molar-refractivity contribution is 0.0696. The molecule has 0 spiro atoms. The lowest BCUT2D eigenvalue weighted by Gasteiger charge is -2.25. The van der Waals surface area contributed by atoms with Crippen molar-refractivity contribution in [2.24, 2.45) is 0 Å². The standard InChI is InChI=1S/C27H27FN4O4S/c28-21-15-19(36-27(34)31-10-2-1-3-11-31)5-6-20(21)22-16-32-23-7-4-17(14-24(23)37-26(32)30-22)25(33)29-18-8-12-35-13-9-18/h4-7,14-16,18H,1-3,8-13H2,(H,29,33). The molecule has 192 valence electrons. The van der Waals surface area contributed by atoms with Crippen LogP contribution >= 0.6 is 11.3 Å². The van der Waals surface area contributed by atoms with Crippen LogP contribution in [0.15, 0.2) is 42.6 Å². The van der Waals surface area contributed by atoms with Crippen LogP contribution in [-0.2, 0) is 4.74 Å². The number of hydrogen-bond acceptors (Lipinski definition) is 6. The van der Waals surface area contributed by atoms with Gasteiger partial charge in [0.05, 0.1) is 15.9 Å². The number of imidazole rings is 1. The average molecular weight is 523 g/mol. The Morgan fingerprint density at radius 2 is 1.89 bits per heavy atom. The molecule has 10 heteroatoms. The minimum Gasteiger partial charge on any atom is -0.410 e. The van der Waals surface area contributed by atoms with Gasteiger partial charge in [0, 0.05) is 55.7 Å². The average Bonchev–Trinajstić information content (AvgIpc) is 3.47. The molecule has 0 radical (unpaired) electrons. The number of ether oxygens (including phenoxy) is 2. The Morgan fingerprint density at radius 3 is 2.68 bits per heavy atom. The molecule has 2 amide bonds. The number of nitrogens with one attached hydrogen (secondary N) is 1. The molecule has 0 saturated carbocycles. The normalized spacial score (nSPS) is 16.8. The SMILES string of the molecule is O=C(NC1CCOCC1)c1ccc2c(c1)sc1nc(-c3ccc(OC(=O)N4CCCCC4)cc3F)cn12. The van der Waals surface area contributed by atoms with Gasteiger partial charge in [-0.15, -0.1) is 0 Å². The summed E-state index contributed by atoms with van der Waals surface area (Å²) in [6, 6.07) is 10.1. The van der Waals surface area contributed by atoms with Crippen molar-refractivity contribution in [3.8, 4) is 17.0 Å². The van der Waals surface area contributed by atoms with Crippen LogP contribution in [-0.4, -0.2) is 58.6 Å². The molecule has 6 rings (SSSR count). The van der Waals surface area contributed by atoms with Crippen molar-refractivity contribution in [1.29, 1.82) is 0 Å². The molecule has 1 N–H and O–H groups in total. The first kappa shape index (κ1) is 23.9. The van der Waals surface area contributed by atoms with Gasteiger partial charge in [-0.05, 0) is 62.4 Å². The van der Waals surface area contributed by atoms with Gasteiger partial charge in [-0.25, -0.2) is 14.2 Å². The van der Waals surface area contributed by atoms with Gasteiger partial charge in [-0.3, -0.25) is 9.20 Å². The topological polar surface area (TPSA) is 85.2 Å². The van der Waals surface area contributed by atoms with Crippen LogP contribution in [0.5, 0.6) is 5.75 Å². The molecule has 2 aromatic carbocycles. The summed E-state index contributed by atoms with van der Waals surface area (Å²) in [6.45, 7) is 2.67. The number of carbonyl (C=O) groups excluding carboxylic acids is 2. The first-order valence-corrected chi connectivity index (χ1v) is 13.4. The minimum absolute atomic E-state index is 0.0938. The van der Waals surface area contributed by atoms with Crippen LogP contribution in [0.25, 0.3) is 26.4 Å². The van der Waals surface area contributed by atoms with Gasteiger partial charge in [0.1, 0.15) is 11.6 Å². The van der Waals surface area contributed by atoms with Crippen molar-refractivity contribution < 1.29 is 23.5 Å². The van der Waals surface area contributed by atoms with E-state index in [0.717, 1.165) is 42.3 Å². The number of hydrogen-bond donors (Lipinski definition) is 1. The number of benzene rings is 2. The Kier molecular flexibility index (Phi) is 6.52. The molecular formula is C27H27FN4O4S. The summed E-state index contributed by atoms with van der Waals surface area (Å²) in [4.78, 5) is 32.1. The Bertz CT molecular complexity index is 1470. The molecule has 2 aromatic heterocycles. The summed E-state index contributed by atoms with van der Waals surface area (Å²) in [7, 11) is 0. The molecule has 2 saturated heterocycles. The van der Waals surface area contributed by atoms with Crippen LogP contribution in [0.4, 0.5) is 9.18 Å². The van der Waals surface area contributed by atoms with Gasteiger partial charge in [-0.2, -0.15) is 0 Å². The third kappa shape index (κ3) is 4.91. The summed E-state index contributed by atoms with van der Waals surface area (Å²) in [5.41, 5.74) is 2.31. The fourth-order valence-electron chi connectivity index (χ4n) is 4.89. The van der Waals surface area contributed by atoms with E-state index in [-0.39, 0.29) is 17.7 Å².